The van der Waals surface area contributed by atoms with E-state index in [1.165, 1.54) is 22.3 Å². The lowest BCUT2D eigenvalue weighted by Crippen LogP contribution is -1.81. The third kappa shape index (κ3) is 2.29. The maximum atomic E-state index is 3.60. The molecule has 0 aliphatic heterocycles. The normalized spacial score (nSPS) is 10.3. The minimum absolute atomic E-state index is 1.16. The van der Waals surface area contributed by atoms with Crippen LogP contribution >= 0.6 is 15.9 Å². The van der Waals surface area contributed by atoms with E-state index in [0.717, 1.165) is 4.47 Å². The summed E-state index contributed by atoms with van der Waals surface area (Å²) < 4.78 is 1.16. The molecule has 2 rings (SSSR count). The second kappa shape index (κ2) is 4.19. The van der Waals surface area contributed by atoms with Gasteiger partial charge >= 0.3 is 0 Å². The largest absolute Gasteiger partial charge is 0.0587 e. The Balaban J connectivity index is 2.49. The number of halogens is 1. The number of aryl methyl sites for hydroxylation is 2. The number of hydrogen-bond acceptors (Lipinski definition) is 0. The molecule has 0 radical (unpaired) electrons. The van der Waals surface area contributed by atoms with E-state index >= 15 is 0 Å². The van der Waals surface area contributed by atoms with Crippen LogP contribution in [0.2, 0.25) is 0 Å². The molecular formula is C14H13Br. The molecule has 0 atom stereocenters. The Morgan fingerprint density at radius 1 is 0.800 bits per heavy atom. The van der Waals surface area contributed by atoms with Gasteiger partial charge in [-0.25, -0.2) is 0 Å². The van der Waals surface area contributed by atoms with Gasteiger partial charge in [-0.1, -0.05) is 57.9 Å². The van der Waals surface area contributed by atoms with Crippen molar-refractivity contribution in [3.8, 4) is 11.1 Å². The first kappa shape index (κ1) is 10.4. The molecule has 0 saturated carbocycles. The Hall–Kier alpha value is -1.08. The number of rotatable bonds is 1. The molecule has 2 aromatic carbocycles. The summed E-state index contributed by atoms with van der Waals surface area (Å²) in [6.07, 6.45) is 0. The molecular weight excluding hydrogens is 248 g/mol. The van der Waals surface area contributed by atoms with E-state index in [1.807, 2.05) is 0 Å². The van der Waals surface area contributed by atoms with Gasteiger partial charge in [-0.05, 0) is 36.6 Å². The van der Waals surface area contributed by atoms with E-state index in [0.29, 0.717) is 0 Å². The monoisotopic (exact) mass is 260 g/mol. The molecule has 0 amide bonds. The van der Waals surface area contributed by atoms with E-state index in [-0.39, 0.29) is 0 Å². The van der Waals surface area contributed by atoms with Crippen molar-refractivity contribution in [2.24, 2.45) is 0 Å². The fraction of sp³-hybridized carbons (Fsp3) is 0.143. The minimum Gasteiger partial charge on any atom is -0.0587 e. The summed E-state index contributed by atoms with van der Waals surface area (Å²) in [6.45, 7) is 4.21. The Morgan fingerprint density at radius 3 is 2.00 bits per heavy atom. The molecule has 0 saturated heterocycles. The van der Waals surface area contributed by atoms with E-state index in [9.17, 15) is 0 Å². The second-order valence-corrected chi connectivity index (χ2v) is 4.70. The summed E-state index contributed by atoms with van der Waals surface area (Å²) in [4.78, 5) is 0. The highest BCUT2D eigenvalue weighted by Gasteiger charge is 2.02. The molecule has 0 nitrogen and oxygen atoms in total. The van der Waals surface area contributed by atoms with Crippen LogP contribution in [-0.4, -0.2) is 0 Å². The van der Waals surface area contributed by atoms with Gasteiger partial charge < -0.3 is 0 Å². The van der Waals surface area contributed by atoms with Crippen LogP contribution in [0.3, 0.4) is 0 Å². The molecule has 0 spiro atoms. The Morgan fingerprint density at radius 2 is 1.40 bits per heavy atom. The molecule has 15 heavy (non-hydrogen) atoms. The van der Waals surface area contributed by atoms with Crippen LogP contribution in [0.5, 0.6) is 0 Å². The first-order valence-electron chi connectivity index (χ1n) is 5.00. The van der Waals surface area contributed by atoms with Gasteiger partial charge in [0.1, 0.15) is 0 Å². The quantitative estimate of drug-likeness (QED) is 0.696. The van der Waals surface area contributed by atoms with Gasteiger partial charge in [-0.3, -0.25) is 0 Å². The van der Waals surface area contributed by atoms with Crippen LogP contribution in [0, 0.1) is 13.8 Å². The highest BCUT2D eigenvalue weighted by Crippen LogP contribution is 2.28. The van der Waals surface area contributed by atoms with Gasteiger partial charge in [0.2, 0.25) is 0 Å². The number of hydrogen-bond donors (Lipinski definition) is 0. The van der Waals surface area contributed by atoms with Crippen molar-refractivity contribution >= 4 is 15.9 Å². The van der Waals surface area contributed by atoms with Crippen molar-refractivity contribution in [2.45, 2.75) is 13.8 Å². The van der Waals surface area contributed by atoms with Gasteiger partial charge in [0.05, 0.1) is 0 Å². The lowest BCUT2D eigenvalue weighted by atomic mass is 10.0. The van der Waals surface area contributed by atoms with Crippen LogP contribution in [0.15, 0.2) is 46.9 Å². The molecule has 0 aromatic heterocycles. The Kier molecular flexibility index (Phi) is 2.92. The number of benzene rings is 2. The summed E-state index contributed by atoms with van der Waals surface area (Å²) in [6, 6.07) is 15.0. The van der Waals surface area contributed by atoms with Crippen LogP contribution in [0.4, 0.5) is 0 Å². The van der Waals surface area contributed by atoms with E-state index in [2.05, 4.69) is 72.2 Å². The standard InChI is InChI=1S/C14H13Br/c1-10-3-6-12(7-4-10)13-8-5-11(2)9-14(13)15/h3-9H,1-2H3. The molecule has 76 valence electrons. The van der Waals surface area contributed by atoms with Crippen LogP contribution < -0.4 is 0 Å². The van der Waals surface area contributed by atoms with Crippen molar-refractivity contribution < 1.29 is 0 Å². The molecule has 0 N–H and O–H groups in total. The predicted molar refractivity (Wildman–Crippen MR) is 69.1 cm³/mol. The fourth-order valence-corrected chi connectivity index (χ4v) is 2.31. The minimum atomic E-state index is 1.16. The molecule has 2 aromatic rings. The molecule has 1 heteroatoms. The molecule has 0 aliphatic carbocycles. The first-order valence-corrected chi connectivity index (χ1v) is 5.79. The van der Waals surface area contributed by atoms with Crippen molar-refractivity contribution in [3.63, 3.8) is 0 Å². The van der Waals surface area contributed by atoms with Crippen LogP contribution in [0.25, 0.3) is 11.1 Å². The summed E-state index contributed by atoms with van der Waals surface area (Å²) in [5, 5.41) is 0. The van der Waals surface area contributed by atoms with Crippen molar-refractivity contribution in [1.82, 2.24) is 0 Å². The molecule has 0 bridgehead atoms. The smallest absolute Gasteiger partial charge is 0.0256 e. The zero-order valence-corrected chi connectivity index (χ0v) is 10.5. The predicted octanol–water partition coefficient (Wildman–Crippen LogP) is 4.73. The third-order valence-electron chi connectivity index (χ3n) is 2.49. The van der Waals surface area contributed by atoms with Crippen molar-refractivity contribution in [1.29, 1.82) is 0 Å². The zero-order valence-electron chi connectivity index (χ0n) is 8.92. The molecule has 0 aliphatic rings. The van der Waals surface area contributed by atoms with Crippen molar-refractivity contribution in [2.75, 3.05) is 0 Å². The van der Waals surface area contributed by atoms with E-state index in [4.69, 9.17) is 0 Å². The van der Waals surface area contributed by atoms with Gasteiger partial charge in [0.15, 0.2) is 0 Å². The van der Waals surface area contributed by atoms with E-state index in [1.54, 1.807) is 0 Å². The summed E-state index contributed by atoms with van der Waals surface area (Å²) in [5.74, 6) is 0. The van der Waals surface area contributed by atoms with Gasteiger partial charge in [-0.2, -0.15) is 0 Å². The Bertz CT molecular complexity index is 469. The Labute approximate surface area is 99.1 Å². The maximum absolute atomic E-state index is 3.60. The lowest BCUT2D eigenvalue weighted by molar-refractivity contribution is 1.43. The lowest BCUT2D eigenvalue weighted by Gasteiger charge is -2.06. The first-order chi connectivity index (χ1) is 7.16. The topological polar surface area (TPSA) is 0 Å². The summed E-state index contributed by atoms with van der Waals surface area (Å²) >= 11 is 3.60. The van der Waals surface area contributed by atoms with Gasteiger partial charge in [-0.15, -0.1) is 0 Å². The second-order valence-electron chi connectivity index (χ2n) is 3.85. The van der Waals surface area contributed by atoms with Crippen molar-refractivity contribution in [3.05, 3.63) is 58.1 Å². The highest BCUT2D eigenvalue weighted by molar-refractivity contribution is 9.10. The zero-order chi connectivity index (χ0) is 10.8. The molecule has 0 heterocycles. The third-order valence-corrected chi connectivity index (χ3v) is 3.14. The van der Waals surface area contributed by atoms with Gasteiger partial charge in [0, 0.05) is 4.47 Å². The SMILES string of the molecule is Cc1ccc(-c2ccc(C)cc2Br)cc1. The van der Waals surface area contributed by atoms with Gasteiger partial charge in [0.25, 0.3) is 0 Å². The molecule has 0 fully saturated rings. The maximum Gasteiger partial charge on any atom is 0.0256 e. The summed E-state index contributed by atoms with van der Waals surface area (Å²) in [5.41, 5.74) is 5.08. The van der Waals surface area contributed by atoms with Crippen LogP contribution in [-0.2, 0) is 0 Å². The van der Waals surface area contributed by atoms with Crippen LogP contribution in [0.1, 0.15) is 11.1 Å². The van der Waals surface area contributed by atoms with E-state index < -0.39 is 0 Å². The average Bonchev–Trinajstić information content (AvgIpc) is 2.20. The molecule has 0 unspecified atom stereocenters. The fourth-order valence-electron chi connectivity index (χ4n) is 1.59. The summed E-state index contributed by atoms with van der Waals surface area (Å²) in [7, 11) is 0. The highest BCUT2D eigenvalue weighted by atomic mass is 79.9. The average molecular weight is 261 g/mol.